The van der Waals surface area contributed by atoms with Crippen molar-refractivity contribution in [2.24, 2.45) is 0 Å². The lowest BCUT2D eigenvalue weighted by Gasteiger charge is -2.34. The first kappa shape index (κ1) is 15.1. The van der Waals surface area contributed by atoms with E-state index in [1.165, 1.54) is 11.3 Å². The van der Waals surface area contributed by atoms with Crippen molar-refractivity contribution in [2.75, 3.05) is 13.7 Å². The first-order valence-electron chi connectivity index (χ1n) is 7.32. The van der Waals surface area contributed by atoms with Gasteiger partial charge >= 0.3 is 0 Å². The van der Waals surface area contributed by atoms with Crippen LogP contribution >= 0.6 is 11.3 Å². The highest BCUT2D eigenvalue weighted by atomic mass is 32.1. The third kappa shape index (κ3) is 2.87. The second-order valence-electron chi connectivity index (χ2n) is 5.60. The number of amides is 1. The number of benzene rings is 1. The van der Waals surface area contributed by atoms with Crippen molar-refractivity contribution in [3.63, 3.8) is 0 Å². The summed E-state index contributed by atoms with van der Waals surface area (Å²) < 4.78 is 5.25. The maximum Gasteiger partial charge on any atom is 0.252 e. The topological polar surface area (TPSA) is 58.6 Å². The van der Waals surface area contributed by atoms with Crippen LogP contribution in [0.3, 0.4) is 0 Å². The molecule has 1 heterocycles. The van der Waals surface area contributed by atoms with Gasteiger partial charge in [-0.3, -0.25) is 4.79 Å². The average molecular weight is 317 g/mol. The van der Waals surface area contributed by atoms with Gasteiger partial charge in [0.25, 0.3) is 5.91 Å². The number of aliphatic hydroxyl groups is 1. The van der Waals surface area contributed by atoms with Gasteiger partial charge in [0.15, 0.2) is 0 Å². The highest BCUT2D eigenvalue weighted by molar-refractivity contribution is 7.08. The van der Waals surface area contributed by atoms with Gasteiger partial charge in [-0.15, -0.1) is 0 Å². The third-order valence-electron chi connectivity index (χ3n) is 4.17. The van der Waals surface area contributed by atoms with Gasteiger partial charge in [0, 0.05) is 10.9 Å². The zero-order valence-corrected chi connectivity index (χ0v) is 13.3. The minimum Gasteiger partial charge on any atom is -0.497 e. The van der Waals surface area contributed by atoms with Crippen LogP contribution < -0.4 is 10.1 Å². The number of nitrogens with one attached hydrogen (secondary N) is 1. The van der Waals surface area contributed by atoms with Crippen LogP contribution in [0.15, 0.2) is 35.0 Å². The molecule has 0 fully saturated rings. The molecule has 4 nitrogen and oxygen atoms in total. The molecule has 22 heavy (non-hydrogen) atoms. The van der Waals surface area contributed by atoms with Gasteiger partial charge in [-0.25, -0.2) is 0 Å². The van der Waals surface area contributed by atoms with Gasteiger partial charge in [0.2, 0.25) is 0 Å². The van der Waals surface area contributed by atoms with Crippen LogP contribution in [-0.4, -0.2) is 24.7 Å². The fraction of sp³-hybridized carbons (Fsp3) is 0.353. The smallest absolute Gasteiger partial charge is 0.252 e. The van der Waals surface area contributed by atoms with E-state index in [9.17, 15) is 9.90 Å². The van der Waals surface area contributed by atoms with Crippen molar-refractivity contribution in [1.82, 2.24) is 5.32 Å². The molecule has 1 amide bonds. The molecule has 116 valence electrons. The first-order valence-corrected chi connectivity index (χ1v) is 8.27. The number of fused-ring (bicyclic) bond motifs is 1. The van der Waals surface area contributed by atoms with E-state index in [0.29, 0.717) is 12.0 Å². The summed E-state index contributed by atoms with van der Waals surface area (Å²) in [4.78, 5) is 12.1. The number of hydrogen-bond acceptors (Lipinski definition) is 4. The molecule has 1 aliphatic rings. The van der Waals surface area contributed by atoms with Crippen molar-refractivity contribution in [3.8, 4) is 5.75 Å². The minimum absolute atomic E-state index is 0.143. The first-order chi connectivity index (χ1) is 10.6. The molecule has 0 bridgehead atoms. The Kier molecular flexibility index (Phi) is 4.18. The Hall–Kier alpha value is -1.85. The number of rotatable bonds is 4. The Morgan fingerprint density at radius 2 is 2.32 bits per heavy atom. The van der Waals surface area contributed by atoms with E-state index >= 15 is 0 Å². The Labute approximate surface area is 133 Å². The SMILES string of the molecule is COc1ccc2c(c1)CCC[C@@]2(O)CNC(=O)c1ccsc1. The number of carbonyl (C=O) groups is 1. The number of ether oxygens (including phenoxy) is 1. The average Bonchev–Trinajstić information content (AvgIpc) is 3.07. The highest BCUT2D eigenvalue weighted by Crippen LogP contribution is 2.36. The Bertz CT molecular complexity index is 669. The number of carbonyl (C=O) groups excluding carboxylic acids is 1. The molecule has 2 N–H and O–H groups in total. The zero-order chi connectivity index (χ0) is 15.6. The molecule has 0 aliphatic heterocycles. The maximum absolute atomic E-state index is 12.1. The second-order valence-corrected chi connectivity index (χ2v) is 6.38. The normalized spacial score (nSPS) is 20.3. The van der Waals surface area contributed by atoms with Crippen molar-refractivity contribution < 1.29 is 14.6 Å². The third-order valence-corrected chi connectivity index (χ3v) is 4.86. The molecular formula is C17H19NO3S. The van der Waals surface area contributed by atoms with Crippen LogP contribution in [0.5, 0.6) is 5.75 Å². The highest BCUT2D eigenvalue weighted by Gasteiger charge is 2.34. The molecule has 0 unspecified atom stereocenters. The molecule has 0 radical (unpaired) electrons. The summed E-state index contributed by atoms with van der Waals surface area (Å²) >= 11 is 1.48. The molecular weight excluding hydrogens is 298 g/mol. The van der Waals surface area contributed by atoms with E-state index in [-0.39, 0.29) is 12.5 Å². The summed E-state index contributed by atoms with van der Waals surface area (Å²) in [5.41, 5.74) is 1.62. The fourth-order valence-corrected chi connectivity index (χ4v) is 3.61. The quantitative estimate of drug-likeness (QED) is 0.911. The van der Waals surface area contributed by atoms with Crippen molar-refractivity contribution in [3.05, 3.63) is 51.7 Å². The van der Waals surface area contributed by atoms with Gasteiger partial charge in [0.1, 0.15) is 11.4 Å². The van der Waals surface area contributed by atoms with Gasteiger partial charge in [-0.2, -0.15) is 11.3 Å². The van der Waals surface area contributed by atoms with Crippen LogP contribution in [0.2, 0.25) is 0 Å². The molecule has 1 aliphatic carbocycles. The standard InChI is InChI=1S/C17H19NO3S/c1-21-14-4-5-15-12(9-14)3-2-7-17(15,20)11-18-16(19)13-6-8-22-10-13/h4-6,8-10,20H,2-3,7,11H2,1H3,(H,18,19)/t17-/m1/s1. The van der Waals surface area contributed by atoms with Crippen molar-refractivity contribution >= 4 is 17.2 Å². The fourth-order valence-electron chi connectivity index (χ4n) is 2.97. The number of aryl methyl sites for hydroxylation is 1. The largest absolute Gasteiger partial charge is 0.497 e. The summed E-state index contributed by atoms with van der Waals surface area (Å²) in [5.74, 6) is 0.653. The Balaban J connectivity index is 1.78. The maximum atomic E-state index is 12.1. The predicted molar refractivity (Wildman–Crippen MR) is 86.5 cm³/mol. The lowest BCUT2D eigenvalue weighted by molar-refractivity contribution is 0.0189. The molecule has 1 aromatic carbocycles. The number of thiophene rings is 1. The summed E-state index contributed by atoms with van der Waals surface area (Å²) in [5, 5.41) is 17.5. The van der Waals surface area contributed by atoms with E-state index in [2.05, 4.69) is 5.32 Å². The molecule has 0 spiro atoms. The summed E-state index contributed by atoms with van der Waals surface area (Å²) in [6, 6.07) is 7.52. The number of hydrogen-bond donors (Lipinski definition) is 2. The van der Waals surface area contributed by atoms with E-state index in [1.807, 2.05) is 23.6 Å². The second kappa shape index (κ2) is 6.10. The minimum atomic E-state index is -1.01. The van der Waals surface area contributed by atoms with Crippen LogP contribution in [0, 0.1) is 0 Å². The summed E-state index contributed by atoms with van der Waals surface area (Å²) in [6.07, 6.45) is 2.47. The molecule has 1 atom stereocenters. The van der Waals surface area contributed by atoms with Gasteiger partial charge in [-0.1, -0.05) is 6.07 Å². The Morgan fingerprint density at radius 1 is 1.45 bits per heavy atom. The van der Waals surface area contributed by atoms with E-state index in [0.717, 1.165) is 29.7 Å². The van der Waals surface area contributed by atoms with Crippen molar-refractivity contribution in [2.45, 2.75) is 24.9 Å². The predicted octanol–water partition coefficient (Wildman–Crippen LogP) is 2.71. The van der Waals surface area contributed by atoms with Gasteiger partial charge < -0.3 is 15.2 Å². The van der Waals surface area contributed by atoms with Gasteiger partial charge in [0.05, 0.1) is 13.7 Å². The molecule has 0 saturated heterocycles. The molecule has 2 aromatic rings. The van der Waals surface area contributed by atoms with Crippen LogP contribution in [0.25, 0.3) is 0 Å². The summed E-state index contributed by atoms with van der Waals surface area (Å²) in [6.45, 7) is 0.223. The number of methoxy groups -OCH3 is 1. The molecule has 3 rings (SSSR count). The summed E-state index contributed by atoms with van der Waals surface area (Å²) in [7, 11) is 1.64. The molecule has 1 aromatic heterocycles. The molecule has 5 heteroatoms. The monoisotopic (exact) mass is 317 g/mol. The van der Waals surface area contributed by atoms with Gasteiger partial charge in [-0.05, 0) is 54.0 Å². The lowest BCUT2D eigenvalue weighted by atomic mass is 9.79. The van der Waals surface area contributed by atoms with Crippen LogP contribution in [-0.2, 0) is 12.0 Å². The van der Waals surface area contributed by atoms with E-state index < -0.39 is 5.60 Å². The molecule has 0 saturated carbocycles. The lowest BCUT2D eigenvalue weighted by Crippen LogP contribution is -2.42. The van der Waals surface area contributed by atoms with E-state index in [4.69, 9.17) is 4.74 Å². The van der Waals surface area contributed by atoms with Crippen molar-refractivity contribution in [1.29, 1.82) is 0 Å². The Morgan fingerprint density at radius 3 is 3.05 bits per heavy atom. The van der Waals surface area contributed by atoms with Crippen LogP contribution in [0.1, 0.15) is 34.3 Å². The van der Waals surface area contributed by atoms with Crippen LogP contribution in [0.4, 0.5) is 0 Å². The zero-order valence-electron chi connectivity index (χ0n) is 12.5. The van der Waals surface area contributed by atoms with E-state index in [1.54, 1.807) is 18.6 Å².